The van der Waals surface area contributed by atoms with Gasteiger partial charge >= 0.3 is 0 Å². The molecule has 27 heavy (non-hydrogen) atoms. The lowest BCUT2D eigenvalue weighted by Crippen LogP contribution is -2.10. The highest BCUT2D eigenvalue weighted by Gasteiger charge is 2.14. The van der Waals surface area contributed by atoms with E-state index in [1.165, 1.54) is 12.3 Å². The molecule has 0 saturated carbocycles. The predicted octanol–water partition coefficient (Wildman–Crippen LogP) is 4.70. The van der Waals surface area contributed by atoms with Crippen molar-refractivity contribution in [2.75, 3.05) is 5.32 Å². The van der Waals surface area contributed by atoms with Crippen molar-refractivity contribution >= 4 is 22.9 Å². The standard InChI is InChI=1S/C20H15FN4OS/c1-13-9-10-23-25(13)15-6-4-5-14(11-15)24-19(26)18-12-22-20(27-18)16-7-2-3-8-17(16)21/h2-12H,1H3,(H,24,26). The highest BCUT2D eigenvalue weighted by Crippen LogP contribution is 2.28. The van der Waals surface area contributed by atoms with Gasteiger partial charge in [-0.15, -0.1) is 11.3 Å². The minimum absolute atomic E-state index is 0.288. The molecule has 0 aliphatic rings. The van der Waals surface area contributed by atoms with Crippen molar-refractivity contribution < 1.29 is 9.18 Å². The summed E-state index contributed by atoms with van der Waals surface area (Å²) in [6, 6.07) is 15.7. The van der Waals surface area contributed by atoms with Crippen LogP contribution < -0.4 is 5.32 Å². The van der Waals surface area contributed by atoms with Crippen LogP contribution in [-0.2, 0) is 0 Å². The summed E-state index contributed by atoms with van der Waals surface area (Å²) in [6.45, 7) is 1.96. The number of benzene rings is 2. The second-order valence-corrected chi connectivity index (χ2v) is 6.93. The van der Waals surface area contributed by atoms with Crippen LogP contribution in [0.4, 0.5) is 10.1 Å². The Morgan fingerprint density at radius 2 is 2.00 bits per heavy atom. The number of amides is 1. The monoisotopic (exact) mass is 378 g/mol. The minimum atomic E-state index is -0.360. The lowest BCUT2D eigenvalue weighted by molar-refractivity contribution is 0.103. The number of anilines is 1. The molecule has 0 radical (unpaired) electrons. The first-order valence-electron chi connectivity index (χ1n) is 8.25. The predicted molar refractivity (Wildman–Crippen MR) is 104 cm³/mol. The van der Waals surface area contributed by atoms with Crippen LogP contribution in [-0.4, -0.2) is 20.7 Å². The second-order valence-electron chi connectivity index (χ2n) is 5.90. The largest absolute Gasteiger partial charge is 0.321 e. The summed E-state index contributed by atoms with van der Waals surface area (Å²) in [7, 11) is 0. The molecule has 0 aliphatic heterocycles. The number of halogens is 1. The Kier molecular flexibility index (Phi) is 4.52. The van der Waals surface area contributed by atoms with Crippen molar-refractivity contribution in [1.82, 2.24) is 14.8 Å². The van der Waals surface area contributed by atoms with E-state index in [0.29, 0.717) is 21.1 Å². The number of nitrogens with one attached hydrogen (secondary N) is 1. The van der Waals surface area contributed by atoms with Gasteiger partial charge in [0.1, 0.15) is 15.7 Å². The molecule has 0 saturated heterocycles. The van der Waals surface area contributed by atoms with Crippen molar-refractivity contribution in [2.24, 2.45) is 0 Å². The number of rotatable bonds is 4. The number of aromatic nitrogens is 3. The maximum Gasteiger partial charge on any atom is 0.267 e. The summed E-state index contributed by atoms with van der Waals surface area (Å²) >= 11 is 1.15. The Labute approximate surface area is 159 Å². The molecule has 0 bridgehead atoms. The fourth-order valence-corrected chi connectivity index (χ4v) is 3.52. The topological polar surface area (TPSA) is 59.8 Å². The zero-order valence-corrected chi connectivity index (χ0v) is 15.2. The summed E-state index contributed by atoms with van der Waals surface area (Å²) in [5.74, 6) is -0.648. The van der Waals surface area contributed by atoms with E-state index in [4.69, 9.17) is 0 Å². The van der Waals surface area contributed by atoms with Crippen LogP contribution >= 0.6 is 11.3 Å². The van der Waals surface area contributed by atoms with Crippen molar-refractivity contribution in [3.63, 3.8) is 0 Å². The third-order valence-electron chi connectivity index (χ3n) is 4.01. The lowest BCUT2D eigenvalue weighted by Gasteiger charge is -2.08. The lowest BCUT2D eigenvalue weighted by atomic mass is 10.2. The molecule has 0 spiro atoms. The van der Waals surface area contributed by atoms with Crippen molar-refractivity contribution in [3.8, 4) is 16.3 Å². The van der Waals surface area contributed by atoms with Crippen LogP contribution in [0.5, 0.6) is 0 Å². The van der Waals surface area contributed by atoms with Gasteiger partial charge in [0.15, 0.2) is 0 Å². The third kappa shape index (κ3) is 3.50. The van der Waals surface area contributed by atoms with Crippen molar-refractivity contribution in [1.29, 1.82) is 0 Å². The van der Waals surface area contributed by atoms with Crippen molar-refractivity contribution in [2.45, 2.75) is 6.92 Å². The van der Waals surface area contributed by atoms with Crippen LogP contribution in [0.3, 0.4) is 0 Å². The van der Waals surface area contributed by atoms with Crippen LogP contribution in [0, 0.1) is 12.7 Å². The Hall–Kier alpha value is -3.32. The van der Waals surface area contributed by atoms with Crippen LogP contribution in [0.2, 0.25) is 0 Å². The van der Waals surface area contributed by atoms with Crippen molar-refractivity contribution in [3.05, 3.63) is 83.4 Å². The molecule has 2 heterocycles. The third-order valence-corrected chi connectivity index (χ3v) is 5.04. The van der Waals surface area contributed by atoms with Gasteiger partial charge in [0.2, 0.25) is 0 Å². The summed E-state index contributed by atoms with van der Waals surface area (Å²) < 4.78 is 15.7. The van der Waals surface area contributed by atoms with E-state index < -0.39 is 0 Å². The molecule has 0 atom stereocenters. The maximum absolute atomic E-state index is 13.9. The quantitative estimate of drug-likeness (QED) is 0.560. The van der Waals surface area contributed by atoms with E-state index in [1.54, 1.807) is 35.1 Å². The number of carbonyl (C=O) groups excluding carboxylic acids is 1. The van der Waals surface area contributed by atoms with E-state index in [0.717, 1.165) is 22.7 Å². The summed E-state index contributed by atoms with van der Waals surface area (Å²) in [4.78, 5) is 17.1. The number of hydrogen-bond donors (Lipinski definition) is 1. The maximum atomic E-state index is 13.9. The second kappa shape index (κ2) is 7.13. The van der Waals surface area contributed by atoms with Gasteiger partial charge in [0.25, 0.3) is 5.91 Å². The van der Waals surface area contributed by atoms with E-state index in [9.17, 15) is 9.18 Å². The zero-order valence-electron chi connectivity index (χ0n) is 14.4. The Balaban J connectivity index is 1.55. The molecule has 0 fully saturated rings. The number of nitrogens with zero attached hydrogens (tertiary/aromatic N) is 3. The molecule has 7 heteroatoms. The highest BCUT2D eigenvalue weighted by atomic mass is 32.1. The van der Waals surface area contributed by atoms with Gasteiger partial charge in [-0.05, 0) is 43.3 Å². The van der Waals surface area contributed by atoms with E-state index in [-0.39, 0.29) is 11.7 Å². The SMILES string of the molecule is Cc1ccnn1-c1cccc(NC(=O)c2cnc(-c3ccccc3F)s2)c1. The molecule has 2 aromatic heterocycles. The normalized spacial score (nSPS) is 10.7. The van der Waals surface area contributed by atoms with E-state index >= 15 is 0 Å². The summed E-state index contributed by atoms with van der Waals surface area (Å²) in [5.41, 5.74) is 2.88. The van der Waals surface area contributed by atoms with E-state index in [2.05, 4.69) is 15.4 Å². The van der Waals surface area contributed by atoms with Gasteiger partial charge < -0.3 is 5.32 Å². The number of thiazole rings is 1. The Morgan fingerprint density at radius 3 is 2.78 bits per heavy atom. The average molecular weight is 378 g/mol. The molecule has 134 valence electrons. The average Bonchev–Trinajstić information content (AvgIpc) is 3.31. The van der Waals surface area contributed by atoms with Gasteiger partial charge in [0.05, 0.1) is 11.9 Å². The highest BCUT2D eigenvalue weighted by molar-refractivity contribution is 7.17. The number of aryl methyl sites for hydroxylation is 1. The van der Waals surface area contributed by atoms with Gasteiger partial charge in [-0.3, -0.25) is 4.79 Å². The number of hydrogen-bond acceptors (Lipinski definition) is 4. The summed E-state index contributed by atoms with van der Waals surface area (Å²) in [6.07, 6.45) is 3.19. The molecule has 5 nitrogen and oxygen atoms in total. The van der Waals surface area contributed by atoms with Crippen LogP contribution in [0.25, 0.3) is 16.3 Å². The molecule has 4 aromatic rings. The van der Waals surface area contributed by atoms with Gasteiger partial charge in [-0.2, -0.15) is 5.10 Å². The molecule has 1 amide bonds. The molecular formula is C20H15FN4OS. The first-order chi connectivity index (χ1) is 13.1. The molecule has 2 aromatic carbocycles. The summed E-state index contributed by atoms with van der Waals surface area (Å²) in [5, 5.41) is 7.60. The Bertz CT molecular complexity index is 1120. The minimum Gasteiger partial charge on any atom is -0.321 e. The smallest absolute Gasteiger partial charge is 0.267 e. The van der Waals surface area contributed by atoms with Crippen LogP contribution in [0.15, 0.2) is 67.0 Å². The van der Waals surface area contributed by atoms with Gasteiger partial charge in [-0.1, -0.05) is 18.2 Å². The Morgan fingerprint density at radius 1 is 1.15 bits per heavy atom. The van der Waals surface area contributed by atoms with E-state index in [1.807, 2.05) is 31.2 Å². The van der Waals surface area contributed by atoms with Gasteiger partial charge in [0, 0.05) is 23.1 Å². The molecule has 0 aliphatic carbocycles. The van der Waals surface area contributed by atoms with Crippen LogP contribution in [0.1, 0.15) is 15.4 Å². The van der Waals surface area contributed by atoms with Gasteiger partial charge in [-0.25, -0.2) is 14.1 Å². The fraction of sp³-hybridized carbons (Fsp3) is 0.0500. The number of carbonyl (C=O) groups is 1. The zero-order chi connectivity index (χ0) is 18.8. The molecule has 1 N–H and O–H groups in total. The fourth-order valence-electron chi connectivity index (χ4n) is 2.69. The molecule has 4 rings (SSSR count). The first-order valence-corrected chi connectivity index (χ1v) is 9.06. The molecular weight excluding hydrogens is 363 g/mol. The molecule has 0 unspecified atom stereocenters. The first kappa shape index (κ1) is 17.1.